The molecule has 6 rings (SSSR count). The van der Waals surface area contributed by atoms with Gasteiger partial charge in [0.25, 0.3) is 11.8 Å². The van der Waals surface area contributed by atoms with E-state index in [2.05, 4.69) is 22.0 Å². The van der Waals surface area contributed by atoms with Crippen LogP contribution in [0, 0.1) is 5.92 Å². The van der Waals surface area contributed by atoms with Crippen LogP contribution in [0.3, 0.4) is 0 Å². The number of ether oxygens (including phenoxy) is 1. The summed E-state index contributed by atoms with van der Waals surface area (Å²) in [5.74, 6) is -1.87. The second kappa shape index (κ2) is 11.8. The number of hydrogen-bond donors (Lipinski definition) is 2. The summed E-state index contributed by atoms with van der Waals surface area (Å²) in [6.45, 7) is 6.08. The number of carboxylic acid groups (broad SMARTS) is 1. The highest BCUT2D eigenvalue weighted by atomic mass is 16.5. The third-order valence-electron chi connectivity index (χ3n) is 9.29. The van der Waals surface area contributed by atoms with Gasteiger partial charge in [-0.2, -0.15) is 0 Å². The molecule has 2 N–H and O–H groups in total. The molecular weight excluding hydrogens is 552 g/mol. The number of nitrogens with zero attached hydrogens (tertiary/aromatic N) is 3. The van der Waals surface area contributed by atoms with Gasteiger partial charge in [0.05, 0.1) is 16.7 Å². The zero-order chi connectivity index (χ0) is 30.2. The van der Waals surface area contributed by atoms with Crippen LogP contribution in [0.5, 0.6) is 5.75 Å². The minimum Gasteiger partial charge on any atom is -0.490 e. The summed E-state index contributed by atoms with van der Waals surface area (Å²) in [6.07, 6.45) is 4.16. The van der Waals surface area contributed by atoms with Gasteiger partial charge in [0.1, 0.15) is 17.9 Å². The van der Waals surface area contributed by atoms with E-state index in [1.165, 1.54) is 0 Å². The predicted octanol–water partition coefficient (Wildman–Crippen LogP) is 2.93. The molecular formula is C32H36N4O7. The fourth-order valence-corrected chi connectivity index (χ4v) is 6.70. The van der Waals surface area contributed by atoms with Crippen LogP contribution in [0.2, 0.25) is 0 Å². The monoisotopic (exact) mass is 588 g/mol. The first-order chi connectivity index (χ1) is 20.7. The molecule has 3 heterocycles. The number of amides is 4. The Kier molecular flexibility index (Phi) is 7.91. The van der Waals surface area contributed by atoms with E-state index < -0.39 is 35.6 Å². The lowest BCUT2D eigenvalue weighted by atomic mass is 9.86. The van der Waals surface area contributed by atoms with E-state index in [1.807, 2.05) is 12.1 Å². The fourth-order valence-electron chi connectivity index (χ4n) is 6.70. The highest BCUT2D eigenvalue weighted by molar-refractivity contribution is 6.23. The molecule has 1 atom stereocenters. The summed E-state index contributed by atoms with van der Waals surface area (Å²) in [6, 6.07) is 11.4. The minimum absolute atomic E-state index is 0.0196. The maximum absolute atomic E-state index is 13.1. The van der Waals surface area contributed by atoms with Gasteiger partial charge in [-0.05, 0) is 74.2 Å². The maximum atomic E-state index is 13.1. The largest absolute Gasteiger partial charge is 0.490 e. The third kappa shape index (κ3) is 5.73. The standard InChI is InChI=1S/C32H36N4O7/c1-2-34(18-19-11-13-35(14-12-19)21-5-3-20(4-6-21)32(41)42)22-15-24(16-22)43-23-7-8-25-26(17-23)31(40)36(30(25)39)27-9-10-28(37)33-29(27)38/h3-8,17,19,22,24,27H,2,9-16,18H2,1H3,(H,41,42)(H,33,37,38). The van der Waals surface area contributed by atoms with Crippen LogP contribution in [-0.2, 0) is 9.59 Å². The normalized spacial score (nSPS) is 24.2. The lowest BCUT2D eigenvalue weighted by Crippen LogP contribution is -2.54. The highest BCUT2D eigenvalue weighted by Gasteiger charge is 2.45. The SMILES string of the molecule is CCN(CC1CCN(c2ccc(C(=O)O)cc2)CC1)C1CC(Oc2ccc3c(c2)C(=O)N(C2CCC(=O)NC2=O)C3=O)C1. The van der Waals surface area contributed by atoms with Crippen LogP contribution in [0.1, 0.15) is 76.5 Å². The van der Waals surface area contributed by atoms with Crippen LogP contribution < -0.4 is 15.0 Å². The van der Waals surface area contributed by atoms with Gasteiger partial charge in [-0.3, -0.25) is 29.4 Å². The second-order valence-corrected chi connectivity index (χ2v) is 11.9. The van der Waals surface area contributed by atoms with Gasteiger partial charge < -0.3 is 19.6 Å². The number of fused-ring (bicyclic) bond motifs is 1. The molecule has 11 heteroatoms. The van der Waals surface area contributed by atoms with Crippen LogP contribution in [0.15, 0.2) is 42.5 Å². The number of imide groups is 2. The minimum atomic E-state index is -0.987. The molecule has 4 aliphatic rings. The number of piperidine rings is 2. The molecule has 2 saturated heterocycles. The summed E-state index contributed by atoms with van der Waals surface area (Å²) in [4.78, 5) is 66.8. The van der Waals surface area contributed by atoms with Gasteiger partial charge in [0.2, 0.25) is 11.8 Å². The van der Waals surface area contributed by atoms with E-state index in [0.717, 1.165) is 62.4 Å². The van der Waals surface area contributed by atoms with Crippen LogP contribution in [0.4, 0.5) is 5.69 Å². The Hall–Kier alpha value is -4.25. The number of rotatable bonds is 9. The number of anilines is 1. The fraction of sp³-hybridized carbons (Fsp3) is 0.469. The molecule has 0 aromatic heterocycles. The number of aromatic carboxylic acids is 1. The van der Waals surface area contributed by atoms with Crippen molar-refractivity contribution >= 4 is 35.3 Å². The zero-order valence-corrected chi connectivity index (χ0v) is 24.2. The van der Waals surface area contributed by atoms with Crippen molar-refractivity contribution in [2.75, 3.05) is 31.1 Å². The molecule has 0 bridgehead atoms. The Morgan fingerprint density at radius 3 is 2.33 bits per heavy atom. The van der Waals surface area contributed by atoms with E-state index in [4.69, 9.17) is 9.84 Å². The van der Waals surface area contributed by atoms with E-state index in [-0.39, 0.29) is 30.1 Å². The first kappa shape index (κ1) is 28.9. The Morgan fingerprint density at radius 2 is 1.67 bits per heavy atom. The predicted molar refractivity (Wildman–Crippen MR) is 156 cm³/mol. The Balaban J connectivity index is 0.989. The highest BCUT2D eigenvalue weighted by Crippen LogP contribution is 2.35. The van der Waals surface area contributed by atoms with Crippen molar-refractivity contribution in [1.82, 2.24) is 15.1 Å². The van der Waals surface area contributed by atoms with Crippen molar-refractivity contribution in [2.45, 2.75) is 63.6 Å². The van der Waals surface area contributed by atoms with E-state index in [9.17, 15) is 24.0 Å². The van der Waals surface area contributed by atoms with Gasteiger partial charge in [0.15, 0.2) is 0 Å². The number of hydrogen-bond acceptors (Lipinski definition) is 8. The molecule has 11 nitrogen and oxygen atoms in total. The number of carbonyl (C=O) groups is 5. The quantitative estimate of drug-likeness (QED) is 0.424. The molecule has 0 radical (unpaired) electrons. The van der Waals surface area contributed by atoms with Crippen molar-refractivity contribution in [3.63, 3.8) is 0 Å². The molecule has 43 heavy (non-hydrogen) atoms. The number of carboxylic acids is 1. The number of nitrogens with one attached hydrogen (secondary N) is 1. The molecule has 1 unspecified atom stereocenters. The topological polar surface area (TPSA) is 137 Å². The molecule has 2 aromatic rings. The lowest BCUT2D eigenvalue weighted by molar-refractivity contribution is -0.136. The van der Waals surface area contributed by atoms with Crippen molar-refractivity contribution in [3.05, 3.63) is 59.2 Å². The Labute approximate surface area is 249 Å². The second-order valence-electron chi connectivity index (χ2n) is 11.9. The molecule has 0 spiro atoms. The smallest absolute Gasteiger partial charge is 0.335 e. The molecule has 4 amide bonds. The van der Waals surface area contributed by atoms with Crippen molar-refractivity contribution in [3.8, 4) is 5.75 Å². The van der Waals surface area contributed by atoms with Crippen LogP contribution in [0.25, 0.3) is 0 Å². The van der Waals surface area contributed by atoms with E-state index in [1.54, 1.807) is 30.3 Å². The van der Waals surface area contributed by atoms with Gasteiger partial charge in [0, 0.05) is 50.6 Å². The average Bonchev–Trinajstić information content (AvgIpc) is 3.23. The zero-order valence-electron chi connectivity index (χ0n) is 24.2. The summed E-state index contributed by atoms with van der Waals surface area (Å²) in [5.41, 5.74) is 1.84. The molecule has 2 aromatic carbocycles. The molecule has 1 aliphatic carbocycles. The average molecular weight is 589 g/mol. The first-order valence-corrected chi connectivity index (χ1v) is 15.1. The van der Waals surface area contributed by atoms with Gasteiger partial charge in [-0.1, -0.05) is 6.92 Å². The molecule has 3 aliphatic heterocycles. The first-order valence-electron chi connectivity index (χ1n) is 15.1. The molecule has 1 saturated carbocycles. The summed E-state index contributed by atoms with van der Waals surface area (Å²) >= 11 is 0. The maximum Gasteiger partial charge on any atom is 0.335 e. The van der Waals surface area contributed by atoms with Gasteiger partial charge >= 0.3 is 5.97 Å². The van der Waals surface area contributed by atoms with Crippen molar-refractivity contribution in [1.29, 1.82) is 0 Å². The summed E-state index contributed by atoms with van der Waals surface area (Å²) in [5, 5.41) is 11.3. The summed E-state index contributed by atoms with van der Waals surface area (Å²) in [7, 11) is 0. The third-order valence-corrected chi connectivity index (χ3v) is 9.29. The van der Waals surface area contributed by atoms with Gasteiger partial charge in [-0.25, -0.2) is 4.79 Å². The van der Waals surface area contributed by atoms with Crippen molar-refractivity contribution in [2.24, 2.45) is 5.92 Å². The van der Waals surface area contributed by atoms with E-state index in [0.29, 0.717) is 23.3 Å². The Morgan fingerprint density at radius 1 is 0.977 bits per heavy atom. The van der Waals surface area contributed by atoms with Crippen molar-refractivity contribution < 1.29 is 33.8 Å². The lowest BCUT2D eigenvalue weighted by Gasteiger charge is -2.44. The Bertz CT molecular complexity index is 1440. The number of carbonyl (C=O) groups excluding carboxylic acids is 4. The number of benzene rings is 2. The van der Waals surface area contributed by atoms with Crippen LogP contribution >= 0.6 is 0 Å². The molecule has 226 valence electrons. The van der Waals surface area contributed by atoms with Gasteiger partial charge in [-0.15, -0.1) is 0 Å². The molecule has 3 fully saturated rings. The summed E-state index contributed by atoms with van der Waals surface area (Å²) < 4.78 is 6.20. The van der Waals surface area contributed by atoms with E-state index >= 15 is 0 Å². The van der Waals surface area contributed by atoms with Crippen LogP contribution in [-0.4, -0.2) is 88.9 Å².